The van der Waals surface area contributed by atoms with Gasteiger partial charge in [0.05, 0.1) is 0 Å². The summed E-state index contributed by atoms with van der Waals surface area (Å²) in [5.41, 5.74) is 0.594. The van der Waals surface area contributed by atoms with Gasteiger partial charge in [-0.25, -0.2) is 18.4 Å². The minimum Gasteiger partial charge on any atom is -0.508 e. The Hall–Kier alpha value is -1.80. The molecule has 0 aliphatic rings. The van der Waals surface area contributed by atoms with E-state index in [4.69, 9.17) is 4.74 Å². The van der Waals surface area contributed by atoms with Crippen molar-refractivity contribution < 1.29 is 18.6 Å². The number of hydrogen-bond acceptors (Lipinski definition) is 4. The SMILES string of the molecule is C[Si](C)(C)CCOCn1nc(C(F)F)nc1-c1ccc(O)cc1. The van der Waals surface area contributed by atoms with Gasteiger partial charge in [0.2, 0.25) is 5.82 Å². The number of benzene rings is 1. The Labute approximate surface area is 134 Å². The molecule has 1 aromatic heterocycles. The number of halogens is 2. The smallest absolute Gasteiger partial charge is 0.299 e. The molecule has 5 nitrogen and oxygen atoms in total. The topological polar surface area (TPSA) is 60.2 Å². The summed E-state index contributed by atoms with van der Waals surface area (Å²) in [5.74, 6) is -0.129. The second kappa shape index (κ2) is 7.18. The molecule has 1 N–H and O–H groups in total. The fourth-order valence-electron chi connectivity index (χ4n) is 1.90. The number of rotatable bonds is 7. The van der Waals surface area contributed by atoms with Crippen molar-refractivity contribution in [1.82, 2.24) is 14.8 Å². The van der Waals surface area contributed by atoms with Crippen LogP contribution in [0, 0.1) is 0 Å². The molecule has 2 aromatic rings. The molecule has 1 aromatic carbocycles. The van der Waals surface area contributed by atoms with Crippen molar-refractivity contribution in [3.8, 4) is 17.1 Å². The fourth-order valence-corrected chi connectivity index (χ4v) is 2.65. The van der Waals surface area contributed by atoms with E-state index < -0.39 is 20.3 Å². The number of alkyl halides is 2. The Morgan fingerprint density at radius 2 is 1.87 bits per heavy atom. The van der Waals surface area contributed by atoms with Gasteiger partial charge in [-0.2, -0.15) is 0 Å². The highest BCUT2D eigenvalue weighted by atomic mass is 28.3. The highest BCUT2D eigenvalue weighted by Gasteiger charge is 2.19. The lowest BCUT2D eigenvalue weighted by molar-refractivity contribution is 0.0772. The summed E-state index contributed by atoms with van der Waals surface area (Å²) in [6.07, 6.45) is -2.74. The van der Waals surface area contributed by atoms with Crippen molar-refractivity contribution >= 4 is 8.07 Å². The van der Waals surface area contributed by atoms with Crippen molar-refractivity contribution in [1.29, 1.82) is 0 Å². The van der Waals surface area contributed by atoms with Gasteiger partial charge >= 0.3 is 0 Å². The Morgan fingerprint density at radius 3 is 2.43 bits per heavy atom. The monoisotopic (exact) mass is 341 g/mol. The molecule has 23 heavy (non-hydrogen) atoms. The number of phenols is 1. The highest BCUT2D eigenvalue weighted by molar-refractivity contribution is 6.76. The average molecular weight is 341 g/mol. The van der Waals surface area contributed by atoms with Crippen molar-refractivity contribution in [2.45, 2.75) is 38.8 Å². The molecule has 0 aliphatic heterocycles. The van der Waals surface area contributed by atoms with E-state index >= 15 is 0 Å². The van der Waals surface area contributed by atoms with Gasteiger partial charge in [0.25, 0.3) is 6.43 Å². The molecule has 1 heterocycles. The van der Waals surface area contributed by atoms with Crippen LogP contribution in [0.5, 0.6) is 5.75 Å². The van der Waals surface area contributed by atoms with Crippen LogP contribution < -0.4 is 0 Å². The van der Waals surface area contributed by atoms with Gasteiger partial charge in [0, 0.05) is 20.2 Å². The summed E-state index contributed by atoms with van der Waals surface area (Å²) in [5, 5.41) is 13.2. The summed E-state index contributed by atoms with van der Waals surface area (Å²) in [6.45, 7) is 7.35. The van der Waals surface area contributed by atoms with Gasteiger partial charge in [-0.1, -0.05) is 19.6 Å². The second-order valence-corrected chi connectivity index (χ2v) is 12.1. The summed E-state index contributed by atoms with van der Waals surface area (Å²) in [6, 6.07) is 7.14. The van der Waals surface area contributed by atoms with Crippen LogP contribution in [0.1, 0.15) is 12.2 Å². The molecule has 8 heteroatoms. The first kappa shape index (κ1) is 17.5. The van der Waals surface area contributed by atoms with E-state index in [1.807, 2.05) is 0 Å². The predicted molar refractivity (Wildman–Crippen MR) is 86.2 cm³/mol. The van der Waals surface area contributed by atoms with E-state index in [2.05, 4.69) is 29.7 Å². The Kier molecular flexibility index (Phi) is 5.48. The van der Waals surface area contributed by atoms with Crippen LogP contribution in [-0.2, 0) is 11.5 Å². The van der Waals surface area contributed by atoms with Crippen LogP contribution >= 0.6 is 0 Å². The zero-order valence-electron chi connectivity index (χ0n) is 13.5. The first-order valence-electron chi connectivity index (χ1n) is 7.36. The van der Waals surface area contributed by atoms with Gasteiger partial charge in [0.1, 0.15) is 12.5 Å². The number of ether oxygens (including phenoxy) is 1. The second-order valence-electron chi connectivity index (χ2n) is 6.49. The Morgan fingerprint density at radius 1 is 1.22 bits per heavy atom. The van der Waals surface area contributed by atoms with E-state index in [-0.39, 0.29) is 12.5 Å². The van der Waals surface area contributed by atoms with Crippen LogP contribution in [0.15, 0.2) is 24.3 Å². The number of aromatic hydroxyl groups is 1. The van der Waals surface area contributed by atoms with E-state index in [9.17, 15) is 13.9 Å². The standard InChI is InChI=1S/C15H21F2N3O2Si/c1-23(2,3)9-8-22-10-20-15(18-14(19-20)13(16)17)11-4-6-12(21)7-5-11/h4-7,13,21H,8-10H2,1-3H3. The van der Waals surface area contributed by atoms with Gasteiger partial charge in [-0.3, -0.25) is 0 Å². The van der Waals surface area contributed by atoms with Crippen molar-refractivity contribution in [3.63, 3.8) is 0 Å². The van der Waals surface area contributed by atoms with Crippen molar-refractivity contribution in [2.24, 2.45) is 0 Å². The lowest BCUT2D eigenvalue weighted by Crippen LogP contribution is -2.22. The van der Waals surface area contributed by atoms with Crippen LogP contribution in [-0.4, -0.2) is 34.6 Å². The number of hydrogen-bond donors (Lipinski definition) is 1. The molecular weight excluding hydrogens is 320 g/mol. The molecule has 0 aliphatic carbocycles. The maximum atomic E-state index is 12.9. The maximum Gasteiger partial charge on any atom is 0.299 e. The third kappa shape index (κ3) is 5.10. The quantitative estimate of drug-likeness (QED) is 0.613. The van der Waals surface area contributed by atoms with Gasteiger partial charge in [0.15, 0.2) is 5.82 Å². The molecule has 0 fully saturated rings. The minimum atomic E-state index is -2.74. The molecule has 0 bridgehead atoms. The van der Waals surface area contributed by atoms with Gasteiger partial charge in [-0.05, 0) is 30.3 Å². The predicted octanol–water partition coefficient (Wildman–Crippen LogP) is 3.90. The molecule has 0 spiro atoms. The summed E-state index contributed by atoms with van der Waals surface area (Å²) >= 11 is 0. The average Bonchev–Trinajstić information content (AvgIpc) is 2.88. The molecule has 0 atom stereocenters. The Balaban J connectivity index is 2.15. The molecule has 126 valence electrons. The Bertz CT molecular complexity index is 639. The first-order chi connectivity index (χ1) is 10.8. The summed E-state index contributed by atoms with van der Waals surface area (Å²) in [4.78, 5) is 3.89. The van der Waals surface area contributed by atoms with Gasteiger partial charge in [-0.15, -0.1) is 5.10 Å². The molecule has 2 rings (SSSR count). The van der Waals surface area contributed by atoms with Crippen LogP contribution in [0.2, 0.25) is 25.7 Å². The number of aromatic nitrogens is 3. The zero-order valence-corrected chi connectivity index (χ0v) is 14.5. The van der Waals surface area contributed by atoms with Crippen LogP contribution in [0.4, 0.5) is 8.78 Å². The number of phenolic OH excluding ortho intramolecular Hbond substituents is 1. The maximum absolute atomic E-state index is 12.9. The highest BCUT2D eigenvalue weighted by Crippen LogP contribution is 2.23. The fraction of sp³-hybridized carbons (Fsp3) is 0.467. The normalized spacial score (nSPS) is 12.1. The largest absolute Gasteiger partial charge is 0.508 e. The lowest BCUT2D eigenvalue weighted by Gasteiger charge is -2.15. The van der Waals surface area contributed by atoms with E-state index in [0.29, 0.717) is 18.0 Å². The summed E-state index contributed by atoms with van der Waals surface area (Å²) < 4.78 is 32.6. The molecular formula is C15H21F2N3O2Si. The third-order valence-corrected chi connectivity index (χ3v) is 4.92. The van der Waals surface area contributed by atoms with Crippen molar-refractivity contribution in [3.05, 3.63) is 30.1 Å². The van der Waals surface area contributed by atoms with Gasteiger partial charge < -0.3 is 9.84 Å². The van der Waals surface area contributed by atoms with E-state index in [1.54, 1.807) is 12.1 Å². The lowest BCUT2D eigenvalue weighted by atomic mass is 10.2. The van der Waals surface area contributed by atoms with Crippen LogP contribution in [0.25, 0.3) is 11.4 Å². The molecule has 0 radical (unpaired) electrons. The van der Waals surface area contributed by atoms with E-state index in [1.165, 1.54) is 16.8 Å². The first-order valence-corrected chi connectivity index (χ1v) is 11.1. The molecule has 0 saturated carbocycles. The minimum absolute atomic E-state index is 0.0699. The molecule has 0 unspecified atom stereocenters. The third-order valence-electron chi connectivity index (χ3n) is 3.22. The zero-order chi connectivity index (χ0) is 17.0. The van der Waals surface area contributed by atoms with E-state index in [0.717, 1.165) is 6.04 Å². The molecule has 0 saturated heterocycles. The molecule has 0 amide bonds. The van der Waals surface area contributed by atoms with Crippen LogP contribution in [0.3, 0.4) is 0 Å². The summed E-state index contributed by atoms with van der Waals surface area (Å²) in [7, 11) is -1.21. The van der Waals surface area contributed by atoms with Crippen molar-refractivity contribution in [2.75, 3.05) is 6.61 Å². The number of nitrogens with zero attached hydrogens (tertiary/aromatic N) is 3.